The zero-order chi connectivity index (χ0) is 61.3. The molecule has 1 unspecified atom stereocenters. The van der Waals surface area contributed by atoms with Gasteiger partial charge >= 0.3 is 0 Å². The summed E-state index contributed by atoms with van der Waals surface area (Å²) in [5.74, 6) is -10.2. The molecule has 2 fully saturated rings. The number of anilines is 1. The lowest BCUT2D eigenvalue weighted by Crippen LogP contribution is -2.61. The van der Waals surface area contributed by atoms with Crippen LogP contribution in [0.3, 0.4) is 0 Å². The number of carbonyl (C=O) groups is 10. The molecule has 4 rings (SSSR count). The van der Waals surface area contributed by atoms with E-state index in [4.69, 9.17) is 22.9 Å². The number of hydrogen-bond acceptors (Lipinski definition) is 18. The minimum atomic E-state index is -1.86. The Hall–Kier alpha value is -7.76. The van der Waals surface area contributed by atoms with Gasteiger partial charge in [0.15, 0.2) is 6.04 Å². The van der Waals surface area contributed by atoms with Crippen LogP contribution in [0.4, 0.5) is 5.69 Å². The first-order chi connectivity index (χ1) is 39.5. The fourth-order valence-corrected chi connectivity index (χ4v) is 9.17. The maximum Gasteiger partial charge on any atom is 0.252 e. The van der Waals surface area contributed by atoms with E-state index in [-0.39, 0.29) is 76.2 Å². The van der Waals surface area contributed by atoms with Crippen LogP contribution in [0.1, 0.15) is 75.2 Å². The summed E-state index contributed by atoms with van der Waals surface area (Å²) in [5, 5.41) is 46.8. The molecule has 2 saturated heterocycles. The van der Waals surface area contributed by atoms with Gasteiger partial charge in [-0.1, -0.05) is 50.8 Å². The molecule has 10 atom stereocenters. The maximum absolute atomic E-state index is 14.5. The highest BCUT2D eigenvalue weighted by Gasteiger charge is 2.37. The maximum atomic E-state index is 14.5. The number of nitrogens with zero attached hydrogens (tertiary/aromatic N) is 2. The highest BCUT2D eigenvalue weighted by Crippen LogP contribution is 2.18. The summed E-state index contributed by atoms with van der Waals surface area (Å²) in [6.45, 7) is 10.4. The van der Waals surface area contributed by atoms with Crippen molar-refractivity contribution >= 4 is 64.8 Å². The molecule has 458 valence electrons. The Balaban J connectivity index is 1.70. The minimum Gasteiger partial charge on any atom is -0.510 e. The average molecular weight is 1160 g/mol. The third-order valence-corrected chi connectivity index (χ3v) is 13.9. The van der Waals surface area contributed by atoms with Gasteiger partial charge < -0.3 is 96.1 Å². The second kappa shape index (κ2) is 34.0. The minimum absolute atomic E-state index is 0.0480. The summed E-state index contributed by atoms with van der Waals surface area (Å²) in [6.07, 6.45) is -2.79. The van der Waals surface area contributed by atoms with Crippen LogP contribution in [0.25, 0.3) is 0 Å². The number of rotatable bonds is 21. The molecule has 2 aliphatic heterocycles. The number of piperazine rings is 1. The number of likely N-dealkylation sites (N-methyl/N-ethyl adjacent to an activating group) is 1. The van der Waals surface area contributed by atoms with Crippen LogP contribution in [0.5, 0.6) is 0 Å². The molecular weight excluding hydrogens is 1080 g/mol. The molecule has 2 aromatic rings. The lowest BCUT2D eigenvalue weighted by molar-refractivity contribution is -0.136. The first-order valence-corrected chi connectivity index (χ1v) is 28.0. The zero-order valence-corrected chi connectivity index (χ0v) is 47.7. The number of amides is 10. The molecule has 0 aromatic heterocycles. The number of aliphatic hydroxyl groups excluding tert-OH is 2. The number of nitrogens with two attached hydrogens (primary N) is 4. The zero-order valence-electron chi connectivity index (χ0n) is 47.7. The molecule has 0 spiro atoms. The fourth-order valence-electron chi connectivity index (χ4n) is 9.17. The van der Waals surface area contributed by atoms with E-state index < -0.39 is 138 Å². The highest BCUT2D eigenvalue weighted by molar-refractivity contribution is 6.00. The Labute approximate surface area is 483 Å². The van der Waals surface area contributed by atoms with Crippen LogP contribution in [0, 0.1) is 5.92 Å². The van der Waals surface area contributed by atoms with Crippen molar-refractivity contribution in [3.63, 3.8) is 0 Å². The fraction of sp³-hybridized carbons (Fsp3) is 0.564. The van der Waals surface area contributed by atoms with E-state index in [1.54, 1.807) is 68.4 Å². The van der Waals surface area contributed by atoms with E-state index in [1.165, 1.54) is 6.92 Å². The van der Waals surface area contributed by atoms with Crippen LogP contribution < -0.4 is 81.0 Å². The van der Waals surface area contributed by atoms with Gasteiger partial charge in [0.2, 0.25) is 53.2 Å². The molecule has 0 radical (unpaired) electrons. The topological polar surface area (TPSA) is 442 Å². The van der Waals surface area contributed by atoms with Crippen molar-refractivity contribution in [2.75, 3.05) is 70.9 Å². The van der Waals surface area contributed by atoms with Gasteiger partial charge in [-0.15, -0.1) is 0 Å². The Morgan fingerprint density at radius 2 is 1.14 bits per heavy atom. The van der Waals surface area contributed by atoms with Crippen molar-refractivity contribution in [1.82, 2.24) is 58.1 Å². The number of benzene rings is 2. The Bertz CT molecular complexity index is 2530. The van der Waals surface area contributed by atoms with Crippen LogP contribution in [-0.2, 0) is 49.6 Å². The van der Waals surface area contributed by atoms with E-state index in [0.717, 1.165) is 31.9 Å². The lowest BCUT2D eigenvalue weighted by atomic mass is 10.00. The highest BCUT2D eigenvalue weighted by atomic mass is 16.3. The van der Waals surface area contributed by atoms with Gasteiger partial charge in [-0.2, -0.15) is 0 Å². The first-order valence-electron chi connectivity index (χ1n) is 28.0. The number of carbonyl (C=O) groups excluding carboxylic acids is 10. The van der Waals surface area contributed by atoms with E-state index >= 15 is 0 Å². The Morgan fingerprint density at radius 3 is 1.66 bits per heavy atom. The van der Waals surface area contributed by atoms with Gasteiger partial charge in [0.05, 0.1) is 6.10 Å². The molecule has 10 amide bonds. The third kappa shape index (κ3) is 21.5. The van der Waals surface area contributed by atoms with Crippen molar-refractivity contribution in [1.29, 1.82) is 0 Å². The summed E-state index contributed by atoms with van der Waals surface area (Å²) in [6, 6.07) is 1.68. The van der Waals surface area contributed by atoms with Gasteiger partial charge in [0.1, 0.15) is 54.1 Å². The summed E-state index contributed by atoms with van der Waals surface area (Å²) < 4.78 is 0. The summed E-state index contributed by atoms with van der Waals surface area (Å²) in [7, 11) is 2.03. The molecule has 0 bridgehead atoms. The summed E-state index contributed by atoms with van der Waals surface area (Å²) in [4.78, 5) is 145. The molecule has 28 nitrogen and oxygen atoms in total. The quantitative estimate of drug-likeness (QED) is 0.0521. The standard InChI is InChI=1S/C55H86N16O12/c1-31(2)29-42-52(80)63-37(15-20-56)47(75)62-40(18-23-59)51(79)69-44(32(3)72)54(82)60-24-19-41(50(78)61-38(16-21-57)49(77)67-43(53(81)66-42)30-34-9-7-6-8-10-34)64-48(76)39(17-22-58)65-55(83)45(33(4)73)68-46(74)35-11-13-36(14-12-35)71-27-25-70(5)26-28-71/h6-14,31,33,37-45,72-73H,3,15-30,56-59H2,1-2,4-5H3,(H,60,82)(H,61,78)(H,62,75)(H,63,80)(H,64,76)(H,65,83)(H,66,81)(H,67,77)(H,68,74)(H,69,79)/t33?,37-,38-,39-,40-,41-,42-,43+,44-,45-/m0/s1. The number of hydrogen-bond donors (Lipinski definition) is 16. The van der Waals surface area contributed by atoms with Crippen LogP contribution in [0.2, 0.25) is 0 Å². The average Bonchev–Trinajstić information content (AvgIpc) is 3.62. The van der Waals surface area contributed by atoms with Crippen LogP contribution in [-0.4, -0.2) is 201 Å². The van der Waals surface area contributed by atoms with Gasteiger partial charge in [-0.3, -0.25) is 47.9 Å². The van der Waals surface area contributed by atoms with Crippen molar-refractivity contribution in [3.8, 4) is 0 Å². The van der Waals surface area contributed by atoms with E-state index in [0.29, 0.717) is 5.56 Å². The normalized spacial score (nSPS) is 23.3. The molecule has 2 aromatic carbocycles. The Kier molecular flexibility index (Phi) is 27.7. The smallest absolute Gasteiger partial charge is 0.252 e. The van der Waals surface area contributed by atoms with E-state index in [2.05, 4.69) is 69.5 Å². The third-order valence-electron chi connectivity index (χ3n) is 13.9. The first kappa shape index (κ1) is 67.7. The lowest BCUT2D eigenvalue weighted by Gasteiger charge is -2.34. The molecule has 2 heterocycles. The molecule has 83 heavy (non-hydrogen) atoms. The largest absolute Gasteiger partial charge is 0.510 e. The molecule has 0 saturated carbocycles. The van der Waals surface area contributed by atoms with Gasteiger partial charge in [0.25, 0.3) is 5.91 Å². The molecule has 20 N–H and O–H groups in total. The van der Waals surface area contributed by atoms with Crippen molar-refractivity contribution in [3.05, 3.63) is 78.1 Å². The number of nitrogens with one attached hydrogen (secondary N) is 10. The second-order valence-corrected chi connectivity index (χ2v) is 21.1. The monoisotopic (exact) mass is 1160 g/mol. The van der Waals surface area contributed by atoms with Crippen molar-refractivity contribution in [2.45, 2.75) is 126 Å². The Morgan fingerprint density at radius 1 is 0.639 bits per heavy atom. The molecule has 28 heteroatoms. The second-order valence-electron chi connectivity index (χ2n) is 21.1. The van der Waals surface area contributed by atoms with Crippen LogP contribution in [0.15, 0.2) is 66.9 Å². The molecule has 2 aliphatic rings. The summed E-state index contributed by atoms with van der Waals surface area (Å²) in [5.41, 5.74) is 25.2. The molecule has 0 aliphatic carbocycles. The van der Waals surface area contributed by atoms with Crippen LogP contribution >= 0.6 is 0 Å². The van der Waals surface area contributed by atoms with E-state index in [9.17, 15) is 58.2 Å². The van der Waals surface area contributed by atoms with Gasteiger partial charge in [-0.05, 0) is 114 Å². The molecular formula is C55H86N16O12. The SMILES string of the molecule is C=C(O)[C@@H]1NC(=O)[C@H](CCN)NC(=O)[C@H](CCN)NC(=O)[C@H](CC(C)C)NC(=O)[C@@H](Cc2ccccc2)NC(=O)[C@H](CCN)NC(=O)[C@@H](NC(=O)[C@H](CCN)NC(=O)[C@@H](NC(=O)c2ccc(N3CCN(C)CC3)cc2)C(C)O)CCNC1=O. The van der Waals surface area contributed by atoms with Gasteiger partial charge in [-0.25, -0.2) is 0 Å². The predicted molar refractivity (Wildman–Crippen MR) is 308 cm³/mol. The van der Waals surface area contributed by atoms with E-state index in [1.807, 2.05) is 7.05 Å². The number of aliphatic hydroxyl groups is 2. The summed E-state index contributed by atoms with van der Waals surface area (Å²) >= 11 is 0. The van der Waals surface area contributed by atoms with Gasteiger partial charge in [0, 0.05) is 50.4 Å². The predicted octanol–water partition coefficient (Wildman–Crippen LogP) is -4.93. The van der Waals surface area contributed by atoms with Crippen molar-refractivity contribution in [2.24, 2.45) is 28.9 Å². The van der Waals surface area contributed by atoms with Crippen molar-refractivity contribution < 1.29 is 58.2 Å².